The van der Waals surface area contributed by atoms with E-state index in [2.05, 4.69) is 31.2 Å². The fourth-order valence-electron chi connectivity index (χ4n) is 3.31. The Hall–Kier alpha value is -1.77. The molecule has 0 atom stereocenters. The first kappa shape index (κ1) is 21.5. The normalized spacial score (nSPS) is 11.7. The lowest BCUT2D eigenvalue weighted by Crippen LogP contribution is -2.04. The van der Waals surface area contributed by atoms with E-state index in [0.29, 0.717) is 0 Å². The minimum absolute atomic E-state index is 0.582. The molecule has 0 aliphatic heterocycles. The highest BCUT2D eigenvalue weighted by Crippen LogP contribution is 2.29. The molecule has 0 nitrogen and oxygen atoms in total. The van der Waals surface area contributed by atoms with Crippen LogP contribution in [-0.2, 0) is 25.4 Å². The van der Waals surface area contributed by atoms with Gasteiger partial charge in [-0.15, -0.1) is 0 Å². The highest BCUT2D eigenvalue weighted by atomic mass is 19.4. The van der Waals surface area contributed by atoms with Crippen LogP contribution >= 0.6 is 0 Å². The van der Waals surface area contributed by atoms with Gasteiger partial charge in [0.2, 0.25) is 0 Å². The minimum Gasteiger partial charge on any atom is -0.166 e. The molecule has 0 aliphatic carbocycles. The first-order chi connectivity index (χ1) is 13.0. The first-order valence-corrected chi connectivity index (χ1v) is 10.2. The number of hydrogen-bond acceptors (Lipinski definition) is 0. The molecule has 2 aromatic rings. The van der Waals surface area contributed by atoms with Crippen LogP contribution in [0.4, 0.5) is 13.2 Å². The Kier molecular flexibility index (Phi) is 8.90. The minimum atomic E-state index is -4.26. The molecular formula is C24H31F3. The fourth-order valence-corrected chi connectivity index (χ4v) is 3.31. The third-order valence-electron chi connectivity index (χ3n) is 5.08. The molecular weight excluding hydrogens is 345 g/mol. The summed E-state index contributed by atoms with van der Waals surface area (Å²) < 4.78 is 37.8. The third-order valence-corrected chi connectivity index (χ3v) is 5.08. The van der Waals surface area contributed by atoms with Crippen molar-refractivity contribution in [1.82, 2.24) is 0 Å². The summed E-state index contributed by atoms with van der Waals surface area (Å²) in [4.78, 5) is 0. The van der Waals surface area contributed by atoms with Crippen LogP contribution in [0.25, 0.3) is 0 Å². The summed E-state index contributed by atoms with van der Waals surface area (Å²) in [6.45, 7) is 2.24. The average Bonchev–Trinajstić information content (AvgIpc) is 2.66. The number of rotatable bonds is 11. The summed E-state index contributed by atoms with van der Waals surface area (Å²) in [6.07, 6.45) is 7.75. The van der Waals surface area contributed by atoms with Gasteiger partial charge in [0.05, 0.1) is 5.56 Å². The molecule has 0 aliphatic rings. The van der Waals surface area contributed by atoms with E-state index < -0.39 is 11.7 Å². The second-order valence-electron chi connectivity index (χ2n) is 7.38. The van der Waals surface area contributed by atoms with Crippen LogP contribution in [0, 0.1) is 0 Å². The van der Waals surface area contributed by atoms with Crippen LogP contribution in [0.3, 0.4) is 0 Å². The second kappa shape index (κ2) is 11.2. The maximum Gasteiger partial charge on any atom is 0.416 e. The molecule has 0 N–H and O–H groups in total. The molecule has 0 radical (unpaired) electrons. The molecule has 0 heterocycles. The Morgan fingerprint density at radius 2 is 0.963 bits per heavy atom. The zero-order valence-electron chi connectivity index (χ0n) is 16.3. The maximum absolute atomic E-state index is 12.6. The van der Waals surface area contributed by atoms with Crippen LogP contribution in [0.1, 0.15) is 74.1 Å². The standard InChI is InChI=1S/C24H31F3/c1-2-3-4-5-6-7-8-9-20-10-12-21(13-11-20)14-15-22-16-18-23(19-17-22)24(25,26)27/h10-13,16-19H,2-9,14-15H2,1H3. The van der Waals surface area contributed by atoms with Crippen molar-refractivity contribution in [1.29, 1.82) is 0 Å². The Balaban J connectivity index is 1.69. The highest BCUT2D eigenvalue weighted by Gasteiger charge is 2.29. The van der Waals surface area contributed by atoms with Crippen LogP contribution < -0.4 is 0 Å². The lowest BCUT2D eigenvalue weighted by atomic mass is 10.00. The number of benzene rings is 2. The van der Waals surface area contributed by atoms with Gasteiger partial charge in [0.25, 0.3) is 0 Å². The van der Waals surface area contributed by atoms with Gasteiger partial charge in [-0.3, -0.25) is 0 Å². The summed E-state index contributed by atoms with van der Waals surface area (Å²) >= 11 is 0. The molecule has 27 heavy (non-hydrogen) atoms. The van der Waals surface area contributed by atoms with Crippen molar-refractivity contribution < 1.29 is 13.2 Å². The lowest BCUT2D eigenvalue weighted by molar-refractivity contribution is -0.137. The van der Waals surface area contributed by atoms with Crippen LogP contribution in [0.5, 0.6) is 0 Å². The molecule has 2 rings (SSSR count). The molecule has 3 heteroatoms. The van der Waals surface area contributed by atoms with Crippen molar-refractivity contribution in [3.63, 3.8) is 0 Å². The van der Waals surface area contributed by atoms with Gasteiger partial charge in [-0.2, -0.15) is 13.2 Å². The summed E-state index contributed by atoms with van der Waals surface area (Å²) in [5.41, 5.74) is 2.97. The van der Waals surface area contributed by atoms with E-state index in [1.54, 1.807) is 12.1 Å². The molecule has 0 spiro atoms. The van der Waals surface area contributed by atoms with Gasteiger partial charge in [-0.25, -0.2) is 0 Å². The van der Waals surface area contributed by atoms with E-state index in [1.165, 1.54) is 68.2 Å². The first-order valence-electron chi connectivity index (χ1n) is 10.2. The fraction of sp³-hybridized carbons (Fsp3) is 0.500. The molecule has 0 saturated heterocycles. The molecule has 0 saturated carbocycles. The summed E-state index contributed by atoms with van der Waals surface area (Å²) in [5.74, 6) is 0. The van der Waals surface area contributed by atoms with E-state index in [-0.39, 0.29) is 0 Å². The van der Waals surface area contributed by atoms with Crippen LogP contribution in [-0.4, -0.2) is 0 Å². The van der Waals surface area contributed by atoms with Gasteiger partial charge in [-0.05, 0) is 54.5 Å². The van der Waals surface area contributed by atoms with Crippen molar-refractivity contribution in [3.05, 3.63) is 70.8 Å². The number of unbranched alkanes of at least 4 members (excludes halogenated alkanes) is 6. The largest absolute Gasteiger partial charge is 0.416 e. The Labute approximate surface area is 161 Å². The van der Waals surface area contributed by atoms with E-state index in [1.807, 2.05) is 0 Å². The van der Waals surface area contributed by atoms with Gasteiger partial charge >= 0.3 is 6.18 Å². The zero-order chi connectivity index (χ0) is 19.5. The Bertz CT molecular complexity index is 639. The highest BCUT2D eigenvalue weighted by molar-refractivity contribution is 5.27. The predicted octanol–water partition coefficient (Wildman–Crippen LogP) is 7.78. The Morgan fingerprint density at radius 1 is 0.556 bits per heavy atom. The molecule has 0 unspecified atom stereocenters. The van der Waals surface area contributed by atoms with Crippen molar-refractivity contribution in [3.8, 4) is 0 Å². The maximum atomic E-state index is 12.6. The molecule has 148 valence electrons. The second-order valence-corrected chi connectivity index (χ2v) is 7.38. The predicted molar refractivity (Wildman–Crippen MR) is 107 cm³/mol. The quantitative estimate of drug-likeness (QED) is 0.351. The lowest BCUT2D eigenvalue weighted by Gasteiger charge is -2.08. The van der Waals surface area contributed by atoms with Crippen LogP contribution in [0.15, 0.2) is 48.5 Å². The van der Waals surface area contributed by atoms with Crippen molar-refractivity contribution >= 4 is 0 Å². The molecule has 0 amide bonds. The Morgan fingerprint density at radius 3 is 1.44 bits per heavy atom. The number of halogens is 3. The summed E-state index contributed by atoms with van der Waals surface area (Å²) in [7, 11) is 0. The summed E-state index contributed by atoms with van der Waals surface area (Å²) in [5, 5.41) is 0. The topological polar surface area (TPSA) is 0 Å². The van der Waals surface area contributed by atoms with Gasteiger partial charge in [0, 0.05) is 0 Å². The number of aryl methyl sites for hydroxylation is 3. The average molecular weight is 377 g/mol. The monoisotopic (exact) mass is 376 g/mol. The molecule has 0 fully saturated rings. The van der Waals surface area contributed by atoms with Gasteiger partial charge in [0.1, 0.15) is 0 Å². The van der Waals surface area contributed by atoms with Crippen LogP contribution in [0.2, 0.25) is 0 Å². The number of hydrogen-bond donors (Lipinski definition) is 0. The van der Waals surface area contributed by atoms with E-state index in [9.17, 15) is 13.2 Å². The van der Waals surface area contributed by atoms with Crippen molar-refractivity contribution in [2.24, 2.45) is 0 Å². The van der Waals surface area contributed by atoms with Gasteiger partial charge in [-0.1, -0.05) is 81.8 Å². The number of alkyl halides is 3. The van der Waals surface area contributed by atoms with E-state index >= 15 is 0 Å². The van der Waals surface area contributed by atoms with Crippen molar-refractivity contribution in [2.75, 3.05) is 0 Å². The van der Waals surface area contributed by atoms with Gasteiger partial charge in [0.15, 0.2) is 0 Å². The molecule has 2 aromatic carbocycles. The molecule has 0 bridgehead atoms. The zero-order valence-corrected chi connectivity index (χ0v) is 16.3. The van der Waals surface area contributed by atoms with Gasteiger partial charge < -0.3 is 0 Å². The smallest absolute Gasteiger partial charge is 0.166 e. The van der Waals surface area contributed by atoms with E-state index in [0.717, 1.165) is 24.8 Å². The summed E-state index contributed by atoms with van der Waals surface area (Å²) in [6, 6.07) is 14.2. The van der Waals surface area contributed by atoms with Crippen molar-refractivity contribution in [2.45, 2.75) is 77.3 Å². The molecule has 0 aromatic heterocycles. The SMILES string of the molecule is CCCCCCCCCc1ccc(CCc2ccc(C(F)(F)F)cc2)cc1. The third kappa shape index (κ3) is 8.19. The van der Waals surface area contributed by atoms with E-state index in [4.69, 9.17) is 0 Å².